The molecule has 0 spiro atoms. The summed E-state index contributed by atoms with van der Waals surface area (Å²) >= 11 is 0. The molecule has 0 rings (SSSR count). The molecule has 0 radical (unpaired) electrons. The van der Waals surface area contributed by atoms with Gasteiger partial charge in [-0.15, -0.1) is 0 Å². The van der Waals surface area contributed by atoms with Crippen molar-refractivity contribution in [1.82, 2.24) is 0 Å². The van der Waals surface area contributed by atoms with Crippen LogP contribution in [0.4, 0.5) is 0 Å². The maximum absolute atomic E-state index is 13.1. The minimum atomic E-state index is -5.00. The topological polar surface area (TPSA) is 237 Å². The Morgan fingerprint density at radius 2 is 0.500 bits per heavy atom. The molecule has 0 amide bonds. The van der Waals surface area contributed by atoms with Gasteiger partial charge >= 0.3 is 39.5 Å². The van der Waals surface area contributed by atoms with E-state index in [9.17, 15) is 43.2 Å². The summed E-state index contributed by atoms with van der Waals surface area (Å²) in [5, 5.41) is 10.6. The number of aliphatic hydroxyl groups excluding tert-OH is 1. The lowest BCUT2D eigenvalue weighted by molar-refractivity contribution is -0.161. The summed E-state index contributed by atoms with van der Waals surface area (Å²) in [6.07, 6.45) is 87.9. The van der Waals surface area contributed by atoms with Crippen LogP contribution in [-0.4, -0.2) is 96.7 Å². The first-order valence-electron chi connectivity index (χ1n) is 39.7. The second-order valence-corrected chi connectivity index (χ2v) is 28.8. The maximum Gasteiger partial charge on any atom is 0.472 e. The van der Waals surface area contributed by atoms with E-state index >= 15 is 0 Å². The van der Waals surface area contributed by atoms with Crippen LogP contribution in [0.25, 0.3) is 0 Å². The molecule has 0 fully saturated rings. The third kappa shape index (κ3) is 74.9. The van der Waals surface area contributed by atoms with Crippen LogP contribution in [0.15, 0.2) is 158 Å². The highest BCUT2D eigenvalue weighted by atomic mass is 31.2. The van der Waals surface area contributed by atoms with Gasteiger partial charge in [-0.2, -0.15) is 0 Å². The van der Waals surface area contributed by atoms with Crippen LogP contribution in [0.1, 0.15) is 297 Å². The largest absolute Gasteiger partial charge is 0.472 e. The summed E-state index contributed by atoms with van der Waals surface area (Å²) in [5.74, 6) is -2.27. The predicted octanol–water partition coefficient (Wildman–Crippen LogP) is 23.2. The van der Waals surface area contributed by atoms with Crippen LogP contribution in [0.3, 0.4) is 0 Å². The Bertz CT molecular complexity index is 2590. The van der Waals surface area contributed by atoms with Crippen molar-refractivity contribution in [2.24, 2.45) is 0 Å². The number of rotatable bonds is 73. The van der Waals surface area contributed by atoms with E-state index in [1.807, 2.05) is 0 Å². The van der Waals surface area contributed by atoms with E-state index < -0.39 is 97.5 Å². The van der Waals surface area contributed by atoms with Gasteiger partial charge in [0.25, 0.3) is 0 Å². The number of carbonyl (C=O) groups is 4. The number of unbranched alkanes of at least 4 members (excludes halogenated alkanes) is 21. The molecule has 19 heteroatoms. The monoisotopic (exact) mass is 1490 g/mol. The van der Waals surface area contributed by atoms with Crippen molar-refractivity contribution in [3.8, 4) is 0 Å². The average Bonchev–Trinajstić information content (AvgIpc) is 0.937. The van der Waals surface area contributed by atoms with Gasteiger partial charge in [0.15, 0.2) is 12.2 Å². The third-order valence-electron chi connectivity index (χ3n) is 16.0. The molecule has 0 aliphatic heterocycles. The summed E-state index contributed by atoms with van der Waals surface area (Å²) in [7, 11) is -9.99. The Morgan fingerprint density at radius 1 is 0.279 bits per heavy atom. The normalized spacial score (nSPS) is 14.7. The van der Waals surface area contributed by atoms with Crippen LogP contribution in [0.5, 0.6) is 0 Å². The van der Waals surface area contributed by atoms with Crippen molar-refractivity contribution in [1.29, 1.82) is 0 Å². The molecule has 592 valence electrons. The molecule has 0 saturated heterocycles. The van der Waals surface area contributed by atoms with Crippen LogP contribution in [-0.2, 0) is 65.4 Å². The van der Waals surface area contributed by atoms with Crippen molar-refractivity contribution in [2.75, 3.05) is 39.6 Å². The summed E-state index contributed by atoms with van der Waals surface area (Å²) in [6, 6.07) is 0. The Kier molecular flexibility index (Phi) is 72.0. The lowest BCUT2D eigenvalue weighted by atomic mass is 10.1. The number of carbonyl (C=O) groups excluding carboxylic acids is 4. The molecule has 0 aromatic heterocycles. The van der Waals surface area contributed by atoms with E-state index in [0.717, 1.165) is 199 Å². The summed E-state index contributed by atoms with van der Waals surface area (Å²) < 4.78 is 68.6. The summed E-state index contributed by atoms with van der Waals surface area (Å²) in [5.41, 5.74) is 0. The fraction of sp³-hybridized carbons (Fsp3) is 0.647. The molecule has 0 aliphatic rings. The quantitative estimate of drug-likeness (QED) is 0.0169. The van der Waals surface area contributed by atoms with Gasteiger partial charge in [-0.25, -0.2) is 9.13 Å². The van der Waals surface area contributed by atoms with Gasteiger partial charge in [0, 0.05) is 25.7 Å². The van der Waals surface area contributed by atoms with Crippen molar-refractivity contribution in [3.05, 3.63) is 158 Å². The van der Waals surface area contributed by atoms with E-state index in [2.05, 4.69) is 186 Å². The first kappa shape index (κ1) is 98.7. The number of esters is 4. The molecule has 5 unspecified atom stereocenters. The highest BCUT2D eigenvalue weighted by molar-refractivity contribution is 7.47. The van der Waals surface area contributed by atoms with E-state index in [-0.39, 0.29) is 25.7 Å². The first-order valence-corrected chi connectivity index (χ1v) is 42.7. The molecule has 0 aromatic carbocycles. The van der Waals surface area contributed by atoms with Gasteiger partial charge in [0.05, 0.1) is 26.4 Å². The van der Waals surface area contributed by atoms with E-state index in [4.69, 9.17) is 37.0 Å². The molecule has 0 heterocycles. The summed E-state index contributed by atoms with van der Waals surface area (Å²) in [4.78, 5) is 73.0. The zero-order valence-electron chi connectivity index (χ0n) is 64.6. The van der Waals surface area contributed by atoms with E-state index in [1.54, 1.807) is 0 Å². The molecule has 5 atom stereocenters. The molecule has 0 saturated carbocycles. The van der Waals surface area contributed by atoms with Crippen molar-refractivity contribution in [3.63, 3.8) is 0 Å². The second-order valence-electron chi connectivity index (χ2n) is 25.9. The van der Waals surface area contributed by atoms with Gasteiger partial charge in [-0.05, 0) is 167 Å². The highest BCUT2D eigenvalue weighted by Crippen LogP contribution is 2.45. The summed E-state index contributed by atoms with van der Waals surface area (Å²) in [6.45, 7) is 4.41. The number of ether oxygens (including phenoxy) is 4. The molecule has 104 heavy (non-hydrogen) atoms. The van der Waals surface area contributed by atoms with Crippen molar-refractivity contribution in [2.45, 2.75) is 316 Å². The number of phosphoric acid groups is 2. The standard InChI is InChI=1S/C85H140O17P2/c1-5-9-13-17-21-25-29-33-37-39-43-45-49-53-57-61-65-69-82(87)95-75-80(101-84(89)71-67-63-59-55-51-47-41-35-31-27-23-19-15-11-7-3)77-99-103(91,92)97-73-79(86)74-98-104(93,94)100-78-81(102-85(90)72-68-64-60-56-52-48-42-36-32-28-24-20-16-12-8-4)76-96-83(88)70-66-62-58-54-50-46-44-40-38-34-30-26-22-18-14-10-6-2/h9-11,13-15,21-28,33-38,41-46,79-81,86H,5-8,12,16-20,29-32,39-40,47-78H2,1-4H3,(H,91,92)(H,93,94)/b13-9-,14-10-,15-11-,25-21-,26-22-,27-23-,28-24-,37-33-,38-34-,41-35-,42-36-,45-43-,46-44-. The van der Waals surface area contributed by atoms with Gasteiger partial charge in [-0.3, -0.25) is 37.3 Å². The van der Waals surface area contributed by atoms with Crippen molar-refractivity contribution < 1.29 is 80.2 Å². The minimum Gasteiger partial charge on any atom is -0.462 e. The Morgan fingerprint density at radius 3 is 0.769 bits per heavy atom. The van der Waals surface area contributed by atoms with Crippen molar-refractivity contribution >= 4 is 39.5 Å². The zero-order chi connectivity index (χ0) is 76.0. The fourth-order valence-electron chi connectivity index (χ4n) is 10.0. The van der Waals surface area contributed by atoms with E-state index in [0.29, 0.717) is 25.7 Å². The number of aliphatic hydroxyl groups is 1. The van der Waals surface area contributed by atoms with Crippen LogP contribution in [0, 0.1) is 0 Å². The fourth-order valence-corrected chi connectivity index (χ4v) is 11.6. The SMILES string of the molecule is CC/C=C\C/C=C\C/C=C\C/C=C\CCCCCCC(=O)OCC(COP(=O)(O)OCC(O)COP(=O)(O)OCC(COC(=O)CCCCCC/C=C\C/C=C\C/C=C\C/C=C\CC)OC(=O)CCCCCCC/C=C\C/C=C\CCCCC)OC(=O)CCCCCCC/C=C\C/C=C\C/C=C\CC. The predicted molar refractivity (Wildman–Crippen MR) is 427 cm³/mol. The van der Waals surface area contributed by atoms with Gasteiger partial charge in [0.2, 0.25) is 0 Å². The number of allylic oxidation sites excluding steroid dienone is 26. The molecule has 17 nitrogen and oxygen atoms in total. The molecular formula is C85H140O17P2. The minimum absolute atomic E-state index is 0.0640. The maximum atomic E-state index is 13.1. The third-order valence-corrected chi connectivity index (χ3v) is 17.9. The number of phosphoric ester groups is 2. The molecule has 3 N–H and O–H groups in total. The molecule has 0 bridgehead atoms. The average molecular weight is 1500 g/mol. The molecule has 0 aliphatic carbocycles. The Labute approximate surface area is 629 Å². The van der Waals surface area contributed by atoms with E-state index in [1.165, 1.54) is 19.3 Å². The zero-order valence-corrected chi connectivity index (χ0v) is 66.4. The first-order chi connectivity index (χ1) is 50.7. The van der Waals surface area contributed by atoms with Gasteiger partial charge in [0.1, 0.15) is 19.3 Å². The lowest BCUT2D eigenvalue weighted by Gasteiger charge is -2.21. The van der Waals surface area contributed by atoms with Crippen LogP contribution < -0.4 is 0 Å². The lowest BCUT2D eigenvalue weighted by Crippen LogP contribution is -2.30. The molecular weight excluding hydrogens is 1350 g/mol. The highest BCUT2D eigenvalue weighted by Gasteiger charge is 2.30. The van der Waals surface area contributed by atoms with Gasteiger partial charge in [-0.1, -0.05) is 263 Å². The Hall–Kier alpha value is -5.32. The second kappa shape index (κ2) is 75.9. The smallest absolute Gasteiger partial charge is 0.462 e. The van der Waals surface area contributed by atoms with Crippen LogP contribution >= 0.6 is 15.6 Å². The number of hydrogen-bond acceptors (Lipinski definition) is 15. The molecule has 0 aromatic rings. The van der Waals surface area contributed by atoms with Gasteiger partial charge < -0.3 is 33.8 Å². The Balaban J connectivity index is 5.44. The number of hydrogen-bond donors (Lipinski definition) is 3. The van der Waals surface area contributed by atoms with Crippen LogP contribution in [0.2, 0.25) is 0 Å².